The Bertz CT molecular complexity index is 510. The van der Waals surface area contributed by atoms with Crippen LogP contribution in [0, 0.1) is 0 Å². The summed E-state index contributed by atoms with van der Waals surface area (Å²) < 4.78 is 5.34. The Morgan fingerprint density at radius 1 is 1.25 bits per heavy atom. The zero-order chi connectivity index (χ0) is 14.5. The van der Waals surface area contributed by atoms with E-state index in [4.69, 9.17) is 15.6 Å². The molecule has 0 unspecified atom stereocenters. The number of hydrogen-bond donors (Lipinski definition) is 2. The number of benzene rings is 1. The van der Waals surface area contributed by atoms with Crippen LogP contribution < -0.4 is 10.5 Å². The molecule has 1 aromatic carbocycles. The molecule has 0 atom stereocenters. The van der Waals surface area contributed by atoms with Gasteiger partial charge in [-0.3, -0.25) is 4.79 Å². The van der Waals surface area contributed by atoms with Gasteiger partial charge in [-0.05, 0) is 37.5 Å². The van der Waals surface area contributed by atoms with E-state index >= 15 is 0 Å². The van der Waals surface area contributed by atoms with Crippen LogP contribution in [0.3, 0.4) is 0 Å². The van der Waals surface area contributed by atoms with Gasteiger partial charge in [0.1, 0.15) is 11.3 Å². The Kier molecular flexibility index (Phi) is 4.45. The molecule has 108 valence electrons. The summed E-state index contributed by atoms with van der Waals surface area (Å²) in [7, 11) is 0. The molecule has 1 aliphatic rings. The Balaban J connectivity index is 1.99. The first-order valence-corrected chi connectivity index (χ1v) is 6.61. The molecule has 0 saturated carbocycles. The largest absolute Gasteiger partial charge is 0.483 e. The summed E-state index contributed by atoms with van der Waals surface area (Å²) in [6, 6.07) is 4.35. The number of ether oxygens (including phenoxy) is 1. The van der Waals surface area contributed by atoms with Crippen molar-refractivity contribution in [3.63, 3.8) is 0 Å². The van der Waals surface area contributed by atoms with Crippen molar-refractivity contribution >= 4 is 17.6 Å². The molecule has 1 saturated heterocycles. The van der Waals surface area contributed by atoms with Gasteiger partial charge in [0.05, 0.1) is 0 Å². The highest BCUT2D eigenvalue weighted by atomic mass is 16.5. The summed E-state index contributed by atoms with van der Waals surface area (Å²) >= 11 is 0. The first kappa shape index (κ1) is 14.2. The first-order valence-electron chi connectivity index (χ1n) is 6.61. The van der Waals surface area contributed by atoms with Crippen molar-refractivity contribution in [1.82, 2.24) is 4.90 Å². The molecule has 1 aliphatic heterocycles. The van der Waals surface area contributed by atoms with Gasteiger partial charge in [-0.2, -0.15) is 0 Å². The predicted molar refractivity (Wildman–Crippen MR) is 73.7 cm³/mol. The van der Waals surface area contributed by atoms with E-state index in [9.17, 15) is 9.59 Å². The van der Waals surface area contributed by atoms with Gasteiger partial charge in [0, 0.05) is 18.8 Å². The fourth-order valence-corrected chi connectivity index (χ4v) is 2.21. The zero-order valence-corrected chi connectivity index (χ0v) is 11.2. The molecule has 0 bridgehead atoms. The van der Waals surface area contributed by atoms with E-state index in [1.165, 1.54) is 12.1 Å². The molecule has 6 nitrogen and oxygen atoms in total. The molecule has 20 heavy (non-hydrogen) atoms. The van der Waals surface area contributed by atoms with Crippen molar-refractivity contribution < 1.29 is 19.4 Å². The average Bonchev–Trinajstić information content (AvgIpc) is 2.46. The Morgan fingerprint density at radius 2 is 1.95 bits per heavy atom. The lowest BCUT2D eigenvalue weighted by molar-refractivity contribution is -0.134. The molecule has 0 spiro atoms. The van der Waals surface area contributed by atoms with Crippen LogP contribution in [0.5, 0.6) is 5.75 Å². The van der Waals surface area contributed by atoms with Crippen molar-refractivity contribution in [3.8, 4) is 5.75 Å². The number of carbonyl (C=O) groups excluding carboxylic acids is 1. The molecule has 0 aromatic heterocycles. The zero-order valence-electron chi connectivity index (χ0n) is 11.2. The minimum absolute atomic E-state index is 0.0311. The average molecular weight is 278 g/mol. The van der Waals surface area contributed by atoms with Gasteiger partial charge in [0.15, 0.2) is 6.61 Å². The van der Waals surface area contributed by atoms with Gasteiger partial charge in [-0.25, -0.2) is 4.79 Å². The maximum absolute atomic E-state index is 11.9. The molecule has 6 heteroatoms. The van der Waals surface area contributed by atoms with Crippen molar-refractivity contribution in [2.45, 2.75) is 19.3 Å². The number of carboxylic acid groups (broad SMARTS) is 1. The minimum atomic E-state index is -1.13. The molecular formula is C14H18N2O4. The minimum Gasteiger partial charge on any atom is -0.483 e. The van der Waals surface area contributed by atoms with Gasteiger partial charge >= 0.3 is 5.97 Å². The van der Waals surface area contributed by atoms with Crippen LogP contribution in [0.25, 0.3) is 0 Å². The molecule has 2 rings (SSSR count). The maximum Gasteiger partial charge on any atom is 0.339 e. The van der Waals surface area contributed by atoms with Crippen molar-refractivity contribution in [3.05, 3.63) is 23.8 Å². The van der Waals surface area contributed by atoms with Crippen molar-refractivity contribution in [2.75, 3.05) is 25.4 Å². The van der Waals surface area contributed by atoms with Crippen molar-refractivity contribution in [2.24, 2.45) is 0 Å². The molecule has 0 radical (unpaired) electrons. The maximum atomic E-state index is 11.9. The summed E-state index contributed by atoms with van der Waals surface area (Å²) in [5.74, 6) is -1.08. The summed E-state index contributed by atoms with van der Waals surface area (Å²) in [5, 5.41) is 9.07. The number of aromatic carboxylic acids is 1. The lowest BCUT2D eigenvalue weighted by atomic mass is 10.1. The summed E-state index contributed by atoms with van der Waals surface area (Å²) in [5.41, 5.74) is 5.86. The lowest BCUT2D eigenvalue weighted by Crippen LogP contribution is -2.38. The Labute approximate surface area is 117 Å². The molecular weight excluding hydrogens is 260 g/mol. The fraction of sp³-hybridized carbons (Fsp3) is 0.429. The molecule has 3 N–H and O–H groups in total. The number of rotatable bonds is 4. The number of nitrogens with two attached hydrogens (primary N) is 1. The number of amides is 1. The number of nitrogen functional groups attached to an aromatic ring is 1. The number of carbonyl (C=O) groups is 2. The third-order valence-corrected chi connectivity index (χ3v) is 3.29. The number of anilines is 1. The van der Waals surface area contributed by atoms with E-state index in [0.29, 0.717) is 5.69 Å². The van der Waals surface area contributed by atoms with Gasteiger partial charge in [-0.15, -0.1) is 0 Å². The second-order valence-corrected chi connectivity index (χ2v) is 4.79. The third kappa shape index (κ3) is 3.40. The van der Waals surface area contributed by atoms with E-state index in [-0.39, 0.29) is 23.8 Å². The van der Waals surface area contributed by atoms with Gasteiger partial charge in [-0.1, -0.05) is 0 Å². The monoisotopic (exact) mass is 278 g/mol. The first-order chi connectivity index (χ1) is 9.58. The van der Waals surface area contributed by atoms with Gasteiger partial charge < -0.3 is 20.5 Å². The highest BCUT2D eigenvalue weighted by Crippen LogP contribution is 2.21. The molecule has 1 aromatic rings. The van der Waals surface area contributed by atoms with E-state index in [2.05, 4.69) is 0 Å². The molecule has 1 heterocycles. The van der Waals surface area contributed by atoms with Crippen molar-refractivity contribution in [1.29, 1.82) is 0 Å². The second kappa shape index (κ2) is 6.27. The molecule has 0 aliphatic carbocycles. The van der Waals surface area contributed by atoms with Crippen LogP contribution in [0.15, 0.2) is 18.2 Å². The summed E-state index contributed by atoms with van der Waals surface area (Å²) in [4.78, 5) is 24.8. The van der Waals surface area contributed by atoms with E-state index < -0.39 is 5.97 Å². The standard InChI is InChI=1S/C14H18N2O4/c15-10-4-5-12(11(8-10)14(18)19)20-9-13(17)16-6-2-1-3-7-16/h4-5,8H,1-3,6-7,9,15H2,(H,18,19). The number of hydrogen-bond acceptors (Lipinski definition) is 4. The topological polar surface area (TPSA) is 92.9 Å². The van der Waals surface area contributed by atoms with Crippen LogP contribution in [0.4, 0.5) is 5.69 Å². The SMILES string of the molecule is Nc1ccc(OCC(=O)N2CCCCC2)c(C(=O)O)c1. The highest BCUT2D eigenvalue weighted by Gasteiger charge is 2.18. The number of piperidine rings is 1. The third-order valence-electron chi connectivity index (χ3n) is 3.29. The molecule has 1 amide bonds. The smallest absolute Gasteiger partial charge is 0.339 e. The number of carboxylic acids is 1. The quantitative estimate of drug-likeness (QED) is 0.811. The van der Waals surface area contributed by atoms with Crippen LogP contribution in [-0.4, -0.2) is 41.6 Å². The van der Waals surface area contributed by atoms with E-state index in [0.717, 1.165) is 32.4 Å². The fourth-order valence-electron chi connectivity index (χ4n) is 2.21. The van der Waals surface area contributed by atoms with E-state index in [1.54, 1.807) is 11.0 Å². The molecule has 1 fully saturated rings. The van der Waals surface area contributed by atoms with Crippen LogP contribution in [-0.2, 0) is 4.79 Å². The van der Waals surface area contributed by atoms with Crippen LogP contribution in [0.2, 0.25) is 0 Å². The Hall–Kier alpha value is -2.24. The van der Waals surface area contributed by atoms with Gasteiger partial charge in [0.25, 0.3) is 5.91 Å². The number of nitrogens with zero attached hydrogens (tertiary/aromatic N) is 1. The predicted octanol–water partition coefficient (Wildman–Crippen LogP) is 1.36. The lowest BCUT2D eigenvalue weighted by Gasteiger charge is -2.26. The highest BCUT2D eigenvalue weighted by molar-refractivity contribution is 5.92. The normalized spacial score (nSPS) is 14.9. The second-order valence-electron chi connectivity index (χ2n) is 4.79. The summed E-state index contributed by atoms with van der Waals surface area (Å²) in [6.45, 7) is 1.34. The number of likely N-dealkylation sites (tertiary alicyclic amines) is 1. The van der Waals surface area contributed by atoms with Gasteiger partial charge in [0.2, 0.25) is 0 Å². The summed E-state index contributed by atoms with van der Waals surface area (Å²) in [6.07, 6.45) is 3.16. The Morgan fingerprint density at radius 3 is 2.60 bits per heavy atom. The van der Waals surface area contributed by atoms with Crippen LogP contribution >= 0.6 is 0 Å². The van der Waals surface area contributed by atoms with Crippen LogP contribution in [0.1, 0.15) is 29.6 Å². The van der Waals surface area contributed by atoms with E-state index in [1.807, 2.05) is 0 Å².